The molecule has 0 aromatic heterocycles. The quantitative estimate of drug-likeness (QED) is 0.425. The van der Waals surface area contributed by atoms with E-state index in [0.717, 1.165) is 6.54 Å². The van der Waals surface area contributed by atoms with Gasteiger partial charge in [0.15, 0.2) is 0 Å². The van der Waals surface area contributed by atoms with Gasteiger partial charge in [0.1, 0.15) is 6.34 Å². The molecule has 0 fully saturated rings. The lowest BCUT2D eigenvalue weighted by Crippen LogP contribution is -2.04. The zero-order valence-electron chi connectivity index (χ0n) is 4.33. The molecule has 1 rings (SSSR count). The third-order valence-corrected chi connectivity index (χ3v) is 0.882. The lowest BCUT2D eigenvalue weighted by molar-refractivity contribution is 0.793. The van der Waals surface area contributed by atoms with E-state index in [4.69, 9.17) is 0 Å². The maximum absolute atomic E-state index is 3.94. The molecule has 0 spiro atoms. The highest BCUT2D eigenvalue weighted by molar-refractivity contribution is 5.75. The van der Waals surface area contributed by atoms with E-state index in [2.05, 4.69) is 16.9 Å². The molecule has 1 heterocycles. The van der Waals surface area contributed by atoms with Crippen molar-refractivity contribution >= 4 is 12.6 Å². The van der Waals surface area contributed by atoms with Crippen molar-refractivity contribution in [2.75, 3.05) is 6.54 Å². The van der Waals surface area contributed by atoms with E-state index in [-0.39, 0.29) is 0 Å². The molecule has 0 aromatic rings. The largest absolute Gasteiger partial charge is 0.273 e. The summed E-state index contributed by atoms with van der Waals surface area (Å²) in [6.45, 7) is 3.00. The molecule has 7 heavy (non-hydrogen) atoms. The Morgan fingerprint density at radius 2 is 2.57 bits per heavy atom. The van der Waals surface area contributed by atoms with Crippen molar-refractivity contribution in [1.29, 1.82) is 0 Å². The van der Waals surface area contributed by atoms with Gasteiger partial charge >= 0.3 is 0 Å². The van der Waals surface area contributed by atoms with Gasteiger partial charge in [0.2, 0.25) is 0 Å². The van der Waals surface area contributed by atoms with E-state index >= 15 is 0 Å². The molecule has 1 aliphatic heterocycles. The molecule has 0 unspecified atom stereocenters. The van der Waals surface area contributed by atoms with E-state index in [1.807, 2.05) is 6.21 Å². The summed E-state index contributed by atoms with van der Waals surface area (Å²) in [6.07, 6.45) is 3.51. The summed E-state index contributed by atoms with van der Waals surface area (Å²) < 4.78 is 0. The molecule has 0 aromatic carbocycles. The number of nitrogens with zero attached hydrogens (tertiary/aromatic N) is 2. The molecule has 0 aliphatic carbocycles. The molecule has 2 heteroatoms. The Kier molecular flexibility index (Phi) is 1.20. The lowest BCUT2D eigenvalue weighted by atomic mass is 10.2. The average molecular weight is 96.1 g/mol. The van der Waals surface area contributed by atoms with E-state index in [1.165, 1.54) is 0 Å². The summed E-state index contributed by atoms with van der Waals surface area (Å²) in [5, 5.41) is 0. The van der Waals surface area contributed by atoms with Crippen LogP contribution in [0.15, 0.2) is 9.98 Å². The van der Waals surface area contributed by atoms with Gasteiger partial charge in [0.05, 0.1) is 0 Å². The molecule has 0 saturated heterocycles. The molecule has 0 saturated carbocycles. The van der Waals surface area contributed by atoms with Gasteiger partial charge in [-0.1, -0.05) is 6.92 Å². The van der Waals surface area contributed by atoms with E-state index in [1.54, 1.807) is 6.34 Å². The number of aliphatic imine (C=N–C) groups is 2. The van der Waals surface area contributed by atoms with Crippen LogP contribution in [0.25, 0.3) is 0 Å². The normalized spacial score (nSPS) is 28.4. The first kappa shape index (κ1) is 4.50. The fraction of sp³-hybridized carbons (Fsp3) is 0.600. The Labute approximate surface area is 43.0 Å². The SMILES string of the molecule is C[C@H]1C=NC=NC1. The summed E-state index contributed by atoms with van der Waals surface area (Å²) in [5.74, 6) is 0.546. The Bertz CT molecular complexity index is 105. The first-order valence-electron chi connectivity index (χ1n) is 2.41. The first-order valence-corrected chi connectivity index (χ1v) is 2.41. The molecule has 0 N–H and O–H groups in total. The van der Waals surface area contributed by atoms with E-state index in [9.17, 15) is 0 Å². The van der Waals surface area contributed by atoms with E-state index < -0.39 is 0 Å². The van der Waals surface area contributed by atoms with Crippen LogP contribution in [-0.4, -0.2) is 19.1 Å². The topological polar surface area (TPSA) is 24.7 Å². The highest BCUT2D eigenvalue weighted by atomic mass is 14.9. The van der Waals surface area contributed by atoms with Gasteiger partial charge in [-0.3, -0.25) is 4.99 Å². The molecule has 2 nitrogen and oxygen atoms in total. The van der Waals surface area contributed by atoms with Crippen LogP contribution in [-0.2, 0) is 0 Å². The van der Waals surface area contributed by atoms with Crippen molar-refractivity contribution in [2.24, 2.45) is 15.9 Å². The fourth-order valence-electron chi connectivity index (χ4n) is 0.493. The summed E-state index contributed by atoms with van der Waals surface area (Å²) in [6, 6.07) is 0. The minimum Gasteiger partial charge on any atom is -0.273 e. The molecular formula is C5H8N2. The molecule has 0 bridgehead atoms. The molecule has 38 valence electrons. The minimum absolute atomic E-state index is 0.546. The Hall–Kier alpha value is -0.660. The van der Waals surface area contributed by atoms with Gasteiger partial charge in [0.25, 0.3) is 0 Å². The van der Waals surface area contributed by atoms with Crippen molar-refractivity contribution in [1.82, 2.24) is 0 Å². The number of rotatable bonds is 0. The first-order chi connectivity index (χ1) is 3.39. The van der Waals surface area contributed by atoms with Gasteiger partial charge < -0.3 is 0 Å². The van der Waals surface area contributed by atoms with Crippen LogP contribution >= 0.6 is 0 Å². The third-order valence-electron chi connectivity index (χ3n) is 0.882. The number of hydrogen-bond donors (Lipinski definition) is 0. The second kappa shape index (κ2) is 1.87. The molecule has 0 radical (unpaired) electrons. The van der Waals surface area contributed by atoms with Gasteiger partial charge in [-0.25, -0.2) is 4.99 Å². The van der Waals surface area contributed by atoms with Crippen molar-refractivity contribution < 1.29 is 0 Å². The van der Waals surface area contributed by atoms with Crippen LogP contribution in [0.4, 0.5) is 0 Å². The summed E-state index contributed by atoms with van der Waals surface area (Å²) in [7, 11) is 0. The molecule has 1 atom stereocenters. The van der Waals surface area contributed by atoms with Crippen LogP contribution in [0.1, 0.15) is 6.92 Å². The van der Waals surface area contributed by atoms with Gasteiger partial charge in [-0.15, -0.1) is 0 Å². The minimum atomic E-state index is 0.546. The summed E-state index contributed by atoms with van der Waals surface area (Å²) in [4.78, 5) is 7.78. The maximum Gasteiger partial charge on any atom is 0.109 e. The van der Waals surface area contributed by atoms with Crippen LogP contribution < -0.4 is 0 Å². The van der Waals surface area contributed by atoms with Crippen LogP contribution in [0.3, 0.4) is 0 Å². The predicted molar refractivity (Wildman–Crippen MR) is 31.0 cm³/mol. The molecular weight excluding hydrogens is 88.1 g/mol. The van der Waals surface area contributed by atoms with Crippen LogP contribution in [0, 0.1) is 5.92 Å². The van der Waals surface area contributed by atoms with E-state index in [0.29, 0.717) is 5.92 Å². The summed E-state index contributed by atoms with van der Waals surface area (Å²) in [5.41, 5.74) is 0. The lowest BCUT2D eigenvalue weighted by Gasteiger charge is -2.00. The second-order valence-corrected chi connectivity index (χ2v) is 1.76. The van der Waals surface area contributed by atoms with Gasteiger partial charge in [-0.2, -0.15) is 0 Å². The highest BCUT2D eigenvalue weighted by Crippen LogP contribution is 1.93. The predicted octanol–water partition coefficient (Wildman–Crippen LogP) is 0.735. The fourth-order valence-corrected chi connectivity index (χ4v) is 0.493. The highest BCUT2D eigenvalue weighted by Gasteiger charge is 1.95. The zero-order valence-corrected chi connectivity index (χ0v) is 4.33. The summed E-state index contributed by atoms with van der Waals surface area (Å²) >= 11 is 0. The molecule has 1 aliphatic rings. The van der Waals surface area contributed by atoms with Crippen LogP contribution in [0.5, 0.6) is 0 Å². The Morgan fingerprint density at radius 1 is 1.71 bits per heavy atom. The monoisotopic (exact) mass is 96.1 g/mol. The van der Waals surface area contributed by atoms with Crippen molar-refractivity contribution in [3.8, 4) is 0 Å². The standard InChI is InChI=1S/C5H8N2/c1-5-2-6-4-7-3-5/h2,4-5H,3H2,1H3/t5-/m0/s1. The zero-order chi connectivity index (χ0) is 5.11. The Balaban J connectivity index is 2.49. The van der Waals surface area contributed by atoms with Gasteiger partial charge in [0, 0.05) is 18.7 Å². The van der Waals surface area contributed by atoms with Crippen LogP contribution in [0.2, 0.25) is 0 Å². The molecule has 0 amide bonds. The van der Waals surface area contributed by atoms with Crippen molar-refractivity contribution in [3.63, 3.8) is 0 Å². The average Bonchev–Trinajstić information content (AvgIpc) is 1.69. The van der Waals surface area contributed by atoms with Gasteiger partial charge in [-0.05, 0) is 0 Å². The number of hydrogen-bond acceptors (Lipinski definition) is 2. The smallest absolute Gasteiger partial charge is 0.109 e. The Morgan fingerprint density at radius 3 is 2.86 bits per heavy atom. The second-order valence-electron chi connectivity index (χ2n) is 1.76. The maximum atomic E-state index is 3.94. The van der Waals surface area contributed by atoms with Crippen molar-refractivity contribution in [3.05, 3.63) is 0 Å². The van der Waals surface area contributed by atoms with Crippen molar-refractivity contribution in [2.45, 2.75) is 6.92 Å². The third kappa shape index (κ3) is 1.11.